The molecule has 1 N–H and O–H groups in total. The second-order valence-electron chi connectivity index (χ2n) is 4.17. The van der Waals surface area contributed by atoms with Crippen LogP contribution in [0.5, 0.6) is 0 Å². The topological polar surface area (TPSA) is 47.0 Å². The van der Waals surface area contributed by atoms with E-state index in [2.05, 4.69) is 31.2 Å². The van der Waals surface area contributed by atoms with Gasteiger partial charge in [0.05, 0.1) is 16.8 Å². The number of nitrogens with one attached hydrogen (secondary N) is 1. The van der Waals surface area contributed by atoms with Gasteiger partial charge in [0.1, 0.15) is 5.82 Å². The molecular formula is C14H15BrFN3O. The number of ether oxygens (including phenoxy) is 1. The SMILES string of the molecule is COCCNCc1ccnc(-c2ccc(F)c(Br)c2)n1. The van der Waals surface area contributed by atoms with E-state index < -0.39 is 0 Å². The predicted octanol–water partition coefficient (Wildman–Crippen LogP) is 2.78. The Morgan fingerprint density at radius 1 is 1.35 bits per heavy atom. The van der Waals surface area contributed by atoms with Gasteiger partial charge < -0.3 is 10.1 Å². The summed E-state index contributed by atoms with van der Waals surface area (Å²) in [6.07, 6.45) is 1.70. The van der Waals surface area contributed by atoms with Crippen LogP contribution >= 0.6 is 15.9 Å². The third kappa shape index (κ3) is 4.06. The molecule has 20 heavy (non-hydrogen) atoms. The Labute approximate surface area is 125 Å². The number of hydrogen-bond donors (Lipinski definition) is 1. The van der Waals surface area contributed by atoms with E-state index in [-0.39, 0.29) is 5.82 Å². The minimum atomic E-state index is -0.300. The fraction of sp³-hybridized carbons (Fsp3) is 0.286. The molecule has 1 heterocycles. The van der Waals surface area contributed by atoms with E-state index >= 15 is 0 Å². The van der Waals surface area contributed by atoms with Gasteiger partial charge in [0.15, 0.2) is 5.82 Å². The van der Waals surface area contributed by atoms with Gasteiger partial charge in [-0.1, -0.05) is 0 Å². The molecule has 1 aromatic heterocycles. The van der Waals surface area contributed by atoms with Crippen LogP contribution in [0.1, 0.15) is 5.69 Å². The highest BCUT2D eigenvalue weighted by Crippen LogP contribution is 2.22. The second-order valence-corrected chi connectivity index (χ2v) is 5.02. The van der Waals surface area contributed by atoms with Crippen LogP contribution in [0.15, 0.2) is 34.9 Å². The Morgan fingerprint density at radius 3 is 2.95 bits per heavy atom. The van der Waals surface area contributed by atoms with E-state index in [4.69, 9.17) is 4.74 Å². The lowest BCUT2D eigenvalue weighted by Gasteiger charge is -2.06. The van der Waals surface area contributed by atoms with E-state index in [0.717, 1.165) is 17.8 Å². The predicted molar refractivity (Wildman–Crippen MR) is 78.7 cm³/mol. The molecule has 2 rings (SSSR count). The van der Waals surface area contributed by atoms with Crippen molar-refractivity contribution in [2.75, 3.05) is 20.3 Å². The molecule has 0 radical (unpaired) electrons. The fourth-order valence-electron chi connectivity index (χ4n) is 1.66. The summed E-state index contributed by atoms with van der Waals surface area (Å²) in [5.74, 6) is 0.280. The van der Waals surface area contributed by atoms with E-state index in [1.807, 2.05) is 6.07 Å². The fourth-order valence-corrected chi connectivity index (χ4v) is 2.04. The van der Waals surface area contributed by atoms with Crippen LogP contribution in [-0.4, -0.2) is 30.2 Å². The highest BCUT2D eigenvalue weighted by Gasteiger charge is 2.06. The molecule has 0 bridgehead atoms. The van der Waals surface area contributed by atoms with Crippen molar-refractivity contribution in [3.63, 3.8) is 0 Å². The van der Waals surface area contributed by atoms with Gasteiger partial charge in [0.2, 0.25) is 0 Å². The largest absolute Gasteiger partial charge is 0.383 e. The summed E-state index contributed by atoms with van der Waals surface area (Å²) >= 11 is 3.16. The van der Waals surface area contributed by atoms with Crippen LogP contribution in [-0.2, 0) is 11.3 Å². The summed E-state index contributed by atoms with van der Waals surface area (Å²) in [5, 5.41) is 3.22. The van der Waals surface area contributed by atoms with Crippen molar-refractivity contribution in [3.8, 4) is 11.4 Å². The molecular weight excluding hydrogens is 325 g/mol. The molecule has 0 unspecified atom stereocenters. The average Bonchev–Trinajstić information content (AvgIpc) is 2.47. The molecule has 0 aliphatic heterocycles. The second kappa shape index (κ2) is 7.42. The Balaban J connectivity index is 2.10. The van der Waals surface area contributed by atoms with Crippen LogP contribution in [0.4, 0.5) is 4.39 Å². The van der Waals surface area contributed by atoms with Crippen molar-refractivity contribution in [2.45, 2.75) is 6.54 Å². The number of hydrogen-bond acceptors (Lipinski definition) is 4. The molecule has 2 aromatic rings. The number of nitrogens with zero attached hydrogens (tertiary/aromatic N) is 2. The number of rotatable bonds is 6. The molecule has 0 spiro atoms. The highest BCUT2D eigenvalue weighted by atomic mass is 79.9. The zero-order valence-corrected chi connectivity index (χ0v) is 12.7. The number of benzene rings is 1. The first-order valence-corrected chi connectivity index (χ1v) is 6.97. The third-order valence-electron chi connectivity index (χ3n) is 2.68. The van der Waals surface area contributed by atoms with Gasteiger partial charge in [-0.15, -0.1) is 0 Å². The van der Waals surface area contributed by atoms with E-state index in [1.165, 1.54) is 6.07 Å². The minimum Gasteiger partial charge on any atom is -0.383 e. The summed E-state index contributed by atoms with van der Waals surface area (Å²) in [5.41, 5.74) is 1.66. The van der Waals surface area contributed by atoms with Crippen LogP contribution < -0.4 is 5.32 Å². The first-order valence-electron chi connectivity index (χ1n) is 6.17. The molecule has 0 atom stereocenters. The van der Waals surface area contributed by atoms with Gasteiger partial charge in [-0.3, -0.25) is 0 Å². The molecule has 1 aromatic carbocycles. The maximum Gasteiger partial charge on any atom is 0.159 e. The molecule has 4 nitrogen and oxygen atoms in total. The van der Waals surface area contributed by atoms with E-state index in [0.29, 0.717) is 23.4 Å². The normalized spacial score (nSPS) is 10.8. The first kappa shape index (κ1) is 15.0. The Morgan fingerprint density at radius 2 is 2.20 bits per heavy atom. The highest BCUT2D eigenvalue weighted by molar-refractivity contribution is 9.10. The summed E-state index contributed by atoms with van der Waals surface area (Å²) in [6.45, 7) is 2.06. The molecule has 0 aliphatic rings. The Hall–Kier alpha value is -1.37. The summed E-state index contributed by atoms with van der Waals surface area (Å²) in [7, 11) is 1.66. The number of aromatic nitrogens is 2. The van der Waals surface area contributed by atoms with Gasteiger partial charge in [-0.25, -0.2) is 14.4 Å². The van der Waals surface area contributed by atoms with Crippen molar-refractivity contribution >= 4 is 15.9 Å². The molecule has 0 fully saturated rings. The van der Waals surface area contributed by atoms with Crippen LogP contribution in [0, 0.1) is 5.82 Å². The summed E-state index contributed by atoms with van der Waals surface area (Å²) < 4.78 is 18.6. The van der Waals surface area contributed by atoms with Crippen LogP contribution in [0.3, 0.4) is 0 Å². The van der Waals surface area contributed by atoms with Gasteiger partial charge >= 0.3 is 0 Å². The Bertz CT molecular complexity index is 580. The van der Waals surface area contributed by atoms with Crippen molar-refractivity contribution in [3.05, 3.63) is 46.4 Å². The van der Waals surface area contributed by atoms with Crippen LogP contribution in [0.2, 0.25) is 0 Å². The van der Waals surface area contributed by atoms with E-state index in [9.17, 15) is 4.39 Å². The molecule has 0 amide bonds. The zero-order chi connectivity index (χ0) is 14.4. The lowest BCUT2D eigenvalue weighted by atomic mass is 10.2. The van der Waals surface area contributed by atoms with E-state index in [1.54, 1.807) is 25.4 Å². The van der Waals surface area contributed by atoms with Gasteiger partial charge in [-0.05, 0) is 40.2 Å². The van der Waals surface area contributed by atoms with Gasteiger partial charge in [0, 0.05) is 32.0 Å². The van der Waals surface area contributed by atoms with Gasteiger partial charge in [0.25, 0.3) is 0 Å². The third-order valence-corrected chi connectivity index (χ3v) is 3.29. The summed E-state index contributed by atoms with van der Waals surface area (Å²) in [4.78, 5) is 8.67. The lowest BCUT2D eigenvalue weighted by molar-refractivity contribution is 0.199. The lowest BCUT2D eigenvalue weighted by Crippen LogP contribution is -2.19. The van der Waals surface area contributed by atoms with Crippen molar-refractivity contribution in [2.24, 2.45) is 0 Å². The molecule has 0 aliphatic carbocycles. The monoisotopic (exact) mass is 339 g/mol. The number of halogens is 2. The molecule has 0 saturated carbocycles. The molecule has 106 valence electrons. The van der Waals surface area contributed by atoms with Crippen molar-refractivity contribution in [1.82, 2.24) is 15.3 Å². The minimum absolute atomic E-state index is 0.300. The standard InChI is InChI=1S/C14H15BrFN3O/c1-20-7-6-17-9-11-4-5-18-14(19-11)10-2-3-13(16)12(15)8-10/h2-5,8,17H,6-7,9H2,1H3. The average molecular weight is 340 g/mol. The molecule has 6 heteroatoms. The van der Waals surface area contributed by atoms with Crippen LogP contribution in [0.25, 0.3) is 11.4 Å². The zero-order valence-electron chi connectivity index (χ0n) is 11.1. The maximum absolute atomic E-state index is 13.2. The summed E-state index contributed by atoms with van der Waals surface area (Å²) in [6, 6.07) is 6.58. The van der Waals surface area contributed by atoms with Gasteiger partial charge in [-0.2, -0.15) is 0 Å². The molecule has 0 saturated heterocycles. The maximum atomic E-state index is 13.2. The Kier molecular flexibility index (Phi) is 5.58. The quantitative estimate of drug-likeness (QED) is 0.822. The van der Waals surface area contributed by atoms with Crippen molar-refractivity contribution < 1.29 is 9.13 Å². The number of methoxy groups -OCH3 is 1. The van der Waals surface area contributed by atoms with Crippen molar-refractivity contribution in [1.29, 1.82) is 0 Å². The first-order chi connectivity index (χ1) is 9.70. The smallest absolute Gasteiger partial charge is 0.159 e.